The van der Waals surface area contributed by atoms with Gasteiger partial charge in [-0.05, 0) is 105 Å². The van der Waals surface area contributed by atoms with Crippen molar-refractivity contribution in [3.63, 3.8) is 0 Å². The molecule has 3 rings (SSSR count). The van der Waals surface area contributed by atoms with Gasteiger partial charge in [-0.2, -0.15) is 0 Å². The zero-order valence-corrected chi connectivity index (χ0v) is 20.8. The lowest BCUT2D eigenvalue weighted by molar-refractivity contribution is -0.122. The van der Waals surface area contributed by atoms with E-state index in [0.29, 0.717) is 22.1 Å². The van der Waals surface area contributed by atoms with E-state index in [-0.39, 0.29) is 10.8 Å². The van der Waals surface area contributed by atoms with Crippen molar-refractivity contribution in [3.8, 4) is 5.75 Å². The molecule has 0 saturated carbocycles. The number of hydrogen-bond donors (Lipinski definition) is 2. The summed E-state index contributed by atoms with van der Waals surface area (Å²) in [4.78, 5) is 12.6. The van der Waals surface area contributed by atoms with Gasteiger partial charge in [0.05, 0.1) is 4.90 Å². The summed E-state index contributed by atoms with van der Waals surface area (Å²) < 4.78 is 33.7. The minimum absolute atomic E-state index is 0.0927. The van der Waals surface area contributed by atoms with Crippen molar-refractivity contribution in [2.75, 3.05) is 10.0 Å². The highest BCUT2D eigenvalue weighted by Gasteiger charge is 2.18. The quantitative estimate of drug-likeness (QED) is 0.443. The third-order valence-electron chi connectivity index (χ3n) is 5.28. The second kappa shape index (κ2) is 9.85. The van der Waals surface area contributed by atoms with Crippen LogP contribution in [0.25, 0.3) is 0 Å². The number of amides is 1. The number of hydrogen-bond acceptors (Lipinski definition) is 4. The summed E-state index contributed by atoms with van der Waals surface area (Å²) in [5.41, 5.74) is 4.76. The lowest BCUT2D eigenvalue weighted by Crippen LogP contribution is -2.30. The van der Waals surface area contributed by atoms with Gasteiger partial charge in [0.15, 0.2) is 6.10 Å². The number of carbonyl (C=O) groups excluding carboxylic acids is 1. The Hall–Kier alpha value is -3.03. The van der Waals surface area contributed by atoms with Crippen molar-refractivity contribution in [3.05, 3.63) is 81.9 Å². The zero-order chi connectivity index (χ0) is 24.3. The fourth-order valence-electron chi connectivity index (χ4n) is 3.21. The van der Waals surface area contributed by atoms with Crippen molar-refractivity contribution in [1.82, 2.24) is 0 Å². The highest BCUT2D eigenvalue weighted by Crippen LogP contribution is 2.27. The van der Waals surface area contributed by atoms with E-state index in [1.807, 2.05) is 33.8 Å². The van der Waals surface area contributed by atoms with Crippen LogP contribution >= 0.6 is 11.6 Å². The van der Waals surface area contributed by atoms with Crippen molar-refractivity contribution in [2.45, 2.75) is 45.6 Å². The number of carbonyl (C=O) groups is 1. The molecular formula is C25H27ClN2O4S. The molecule has 174 valence electrons. The maximum atomic E-state index is 12.7. The van der Waals surface area contributed by atoms with Crippen LogP contribution in [-0.4, -0.2) is 20.4 Å². The average Bonchev–Trinajstić information content (AvgIpc) is 2.74. The van der Waals surface area contributed by atoms with Crippen LogP contribution in [0.4, 0.5) is 11.4 Å². The summed E-state index contributed by atoms with van der Waals surface area (Å²) in [5.74, 6) is 0.194. The molecule has 1 atom stereocenters. The maximum Gasteiger partial charge on any atom is 0.265 e. The molecule has 0 heterocycles. The van der Waals surface area contributed by atoms with Gasteiger partial charge >= 0.3 is 0 Å². The van der Waals surface area contributed by atoms with Crippen LogP contribution < -0.4 is 14.8 Å². The zero-order valence-electron chi connectivity index (χ0n) is 19.2. The first kappa shape index (κ1) is 24.6. The van der Waals surface area contributed by atoms with Gasteiger partial charge in [-0.3, -0.25) is 9.52 Å². The number of nitrogens with one attached hydrogen (secondary N) is 2. The molecule has 0 spiro atoms. The Kier molecular flexibility index (Phi) is 7.34. The van der Waals surface area contributed by atoms with E-state index in [9.17, 15) is 13.2 Å². The van der Waals surface area contributed by atoms with Gasteiger partial charge in [0, 0.05) is 16.4 Å². The van der Waals surface area contributed by atoms with Gasteiger partial charge in [-0.25, -0.2) is 8.42 Å². The predicted octanol–water partition coefficient (Wildman–Crippen LogP) is 5.78. The van der Waals surface area contributed by atoms with Crippen molar-refractivity contribution < 1.29 is 17.9 Å². The smallest absolute Gasteiger partial charge is 0.265 e. The summed E-state index contributed by atoms with van der Waals surface area (Å²) in [5, 5.41) is 3.41. The number of sulfonamides is 1. The standard InChI is InChI=1S/C25H27ClN2O4S/c1-15-6-7-21(12-16(15)2)28-33(30,31)23-10-8-20(9-11-23)27-25(29)19(5)32-22-13-17(3)24(26)18(4)14-22/h6-14,19,28H,1-5H3,(H,27,29)/t19-/m0/s1. The first-order chi connectivity index (χ1) is 15.5. The Bertz CT molecular complexity index is 1270. The molecule has 0 aliphatic carbocycles. The Morgan fingerprint density at radius 2 is 1.42 bits per heavy atom. The second-order valence-corrected chi connectivity index (χ2v) is 10.1. The van der Waals surface area contributed by atoms with Crippen LogP contribution in [0.5, 0.6) is 5.75 Å². The fourth-order valence-corrected chi connectivity index (χ4v) is 4.37. The van der Waals surface area contributed by atoms with E-state index < -0.39 is 16.1 Å². The second-order valence-electron chi connectivity index (χ2n) is 8.05. The van der Waals surface area contributed by atoms with Crippen LogP contribution in [0.2, 0.25) is 5.02 Å². The maximum absolute atomic E-state index is 12.7. The third kappa shape index (κ3) is 6.06. The Morgan fingerprint density at radius 1 is 0.848 bits per heavy atom. The van der Waals surface area contributed by atoms with Crippen molar-refractivity contribution in [1.29, 1.82) is 0 Å². The predicted molar refractivity (Wildman–Crippen MR) is 133 cm³/mol. The van der Waals surface area contributed by atoms with Crippen LogP contribution in [0.15, 0.2) is 59.5 Å². The van der Waals surface area contributed by atoms with Crippen LogP contribution in [0.3, 0.4) is 0 Å². The van der Waals surface area contributed by atoms with Gasteiger partial charge in [-0.1, -0.05) is 17.7 Å². The largest absolute Gasteiger partial charge is 0.481 e. The molecule has 1 amide bonds. The number of benzene rings is 3. The number of ether oxygens (including phenoxy) is 1. The third-order valence-corrected chi connectivity index (χ3v) is 7.28. The van der Waals surface area contributed by atoms with Gasteiger partial charge < -0.3 is 10.1 Å². The number of anilines is 2. The van der Waals surface area contributed by atoms with Crippen molar-refractivity contribution >= 4 is 38.9 Å². The molecule has 33 heavy (non-hydrogen) atoms. The summed E-state index contributed by atoms with van der Waals surface area (Å²) in [6.07, 6.45) is -0.764. The summed E-state index contributed by atoms with van der Waals surface area (Å²) in [6, 6.07) is 14.9. The molecule has 0 saturated heterocycles. The minimum atomic E-state index is -3.76. The average molecular weight is 487 g/mol. The van der Waals surface area contributed by atoms with E-state index in [1.54, 1.807) is 31.2 Å². The molecule has 3 aromatic carbocycles. The van der Waals surface area contributed by atoms with Gasteiger partial charge in [0.25, 0.3) is 15.9 Å². The fraction of sp³-hybridized carbons (Fsp3) is 0.240. The van der Waals surface area contributed by atoms with E-state index in [0.717, 1.165) is 22.3 Å². The normalized spacial score (nSPS) is 12.2. The van der Waals surface area contributed by atoms with Crippen LogP contribution in [-0.2, 0) is 14.8 Å². The molecule has 0 bridgehead atoms. The topological polar surface area (TPSA) is 84.5 Å². The SMILES string of the molecule is Cc1ccc(NS(=O)(=O)c2ccc(NC(=O)[C@H](C)Oc3cc(C)c(Cl)c(C)c3)cc2)cc1C. The van der Waals surface area contributed by atoms with Crippen LogP contribution in [0.1, 0.15) is 29.2 Å². The molecule has 2 N–H and O–H groups in total. The highest BCUT2D eigenvalue weighted by molar-refractivity contribution is 7.92. The van der Waals surface area contributed by atoms with E-state index in [2.05, 4.69) is 10.0 Å². The Morgan fingerprint density at radius 3 is 2.00 bits per heavy atom. The van der Waals surface area contributed by atoms with Crippen LogP contribution in [0, 0.1) is 27.7 Å². The molecule has 0 aliphatic rings. The van der Waals surface area contributed by atoms with Gasteiger partial charge in [0.2, 0.25) is 0 Å². The first-order valence-corrected chi connectivity index (χ1v) is 12.3. The van der Waals surface area contributed by atoms with Crippen molar-refractivity contribution in [2.24, 2.45) is 0 Å². The molecule has 0 radical (unpaired) electrons. The van der Waals surface area contributed by atoms with E-state index in [1.165, 1.54) is 24.3 Å². The Labute approximate surface area is 200 Å². The minimum Gasteiger partial charge on any atom is -0.481 e. The summed E-state index contributed by atoms with van der Waals surface area (Å²) in [7, 11) is -3.76. The van der Waals surface area contributed by atoms with Gasteiger partial charge in [0.1, 0.15) is 5.75 Å². The monoisotopic (exact) mass is 486 g/mol. The molecular weight excluding hydrogens is 460 g/mol. The molecule has 0 unspecified atom stereocenters. The lowest BCUT2D eigenvalue weighted by atomic mass is 10.1. The molecule has 0 aromatic heterocycles. The number of rotatable bonds is 7. The highest BCUT2D eigenvalue weighted by atomic mass is 35.5. The first-order valence-electron chi connectivity index (χ1n) is 10.4. The number of aryl methyl sites for hydroxylation is 4. The molecule has 8 heteroatoms. The van der Waals surface area contributed by atoms with Gasteiger partial charge in [-0.15, -0.1) is 0 Å². The lowest BCUT2D eigenvalue weighted by Gasteiger charge is -2.16. The molecule has 3 aromatic rings. The Balaban J connectivity index is 1.65. The summed E-state index contributed by atoms with van der Waals surface area (Å²) in [6.45, 7) is 9.27. The summed E-state index contributed by atoms with van der Waals surface area (Å²) >= 11 is 6.18. The molecule has 0 aliphatic heterocycles. The number of halogens is 1. The van der Waals surface area contributed by atoms with E-state index >= 15 is 0 Å². The van der Waals surface area contributed by atoms with E-state index in [4.69, 9.17) is 16.3 Å². The molecule has 6 nitrogen and oxygen atoms in total. The molecule has 0 fully saturated rings.